The summed E-state index contributed by atoms with van der Waals surface area (Å²) in [7, 11) is -2.44. The number of sulfonamides is 1. The van der Waals surface area contributed by atoms with E-state index in [1.165, 1.54) is 18.3 Å². The Morgan fingerprint density at radius 2 is 1.95 bits per heavy atom. The molecule has 0 fully saturated rings. The number of aromatic nitrogens is 1. The average Bonchev–Trinajstić information content (AvgIpc) is 2.43. The van der Waals surface area contributed by atoms with E-state index in [0.717, 1.165) is 6.07 Å². The van der Waals surface area contributed by atoms with Crippen molar-refractivity contribution in [2.75, 3.05) is 17.1 Å². The molecule has 1 heterocycles. The maximum Gasteiger partial charge on any atom is 0.262 e. The van der Waals surface area contributed by atoms with Crippen molar-refractivity contribution >= 4 is 37.5 Å². The summed E-state index contributed by atoms with van der Waals surface area (Å²) in [5, 5.41) is 2.70. The van der Waals surface area contributed by atoms with Crippen molar-refractivity contribution in [2.24, 2.45) is 0 Å². The highest BCUT2D eigenvalue weighted by molar-refractivity contribution is 9.10. The Morgan fingerprint density at radius 3 is 2.57 bits per heavy atom. The second-order valence-electron chi connectivity index (χ2n) is 3.98. The molecule has 112 valence electrons. The molecular formula is C12H10BrF2N3O2S. The van der Waals surface area contributed by atoms with Crippen LogP contribution in [0.5, 0.6) is 0 Å². The van der Waals surface area contributed by atoms with E-state index in [0.29, 0.717) is 11.9 Å². The molecule has 0 radical (unpaired) electrons. The molecule has 0 atom stereocenters. The number of anilines is 2. The first kappa shape index (κ1) is 15.6. The molecule has 0 aliphatic carbocycles. The zero-order valence-corrected chi connectivity index (χ0v) is 13.1. The molecule has 0 amide bonds. The topological polar surface area (TPSA) is 71.1 Å². The van der Waals surface area contributed by atoms with E-state index >= 15 is 0 Å². The van der Waals surface area contributed by atoms with Gasteiger partial charge >= 0.3 is 0 Å². The highest BCUT2D eigenvalue weighted by Crippen LogP contribution is 2.29. The van der Waals surface area contributed by atoms with Gasteiger partial charge in [0.2, 0.25) is 0 Å². The fraction of sp³-hybridized carbons (Fsp3) is 0.0833. The third-order valence-electron chi connectivity index (χ3n) is 2.54. The SMILES string of the molecule is CNc1cc(S(=O)(=O)Nc2c(F)cc(F)cc2Br)ccn1. The second-order valence-corrected chi connectivity index (χ2v) is 6.51. The van der Waals surface area contributed by atoms with Gasteiger partial charge in [0.15, 0.2) is 5.82 Å². The van der Waals surface area contributed by atoms with Gasteiger partial charge in [-0.15, -0.1) is 0 Å². The smallest absolute Gasteiger partial charge is 0.262 e. The Kier molecular flexibility index (Phi) is 4.43. The molecule has 5 nitrogen and oxygen atoms in total. The third-order valence-corrected chi connectivity index (χ3v) is 4.51. The van der Waals surface area contributed by atoms with Crippen LogP contribution < -0.4 is 10.0 Å². The van der Waals surface area contributed by atoms with Gasteiger partial charge < -0.3 is 5.32 Å². The third kappa shape index (κ3) is 3.48. The highest BCUT2D eigenvalue weighted by atomic mass is 79.9. The minimum atomic E-state index is -4.03. The molecule has 9 heteroatoms. The summed E-state index contributed by atoms with van der Waals surface area (Å²) in [6, 6.07) is 4.11. The van der Waals surface area contributed by atoms with Crippen molar-refractivity contribution in [3.05, 3.63) is 46.6 Å². The van der Waals surface area contributed by atoms with Gasteiger partial charge in [0.1, 0.15) is 11.6 Å². The first-order valence-electron chi connectivity index (χ1n) is 5.64. The number of pyridine rings is 1. The number of nitrogens with one attached hydrogen (secondary N) is 2. The van der Waals surface area contributed by atoms with Gasteiger partial charge in [0.25, 0.3) is 10.0 Å². The number of hydrogen-bond donors (Lipinski definition) is 2. The minimum absolute atomic E-state index is 0.0357. The summed E-state index contributed by atoms with van der Waals surface area (Å²) in [6.07, 6.45) is 1.30. The van der Waals surface area contributed by atoms with E-state index in [1.54, 1.807) is 7.05 Å². The molecule has 0 saturated heterocycles. The van der Waals surface area contributed by atoms with Crippen LogP contribution in [0.15, 0.2) is 39.8 Å². The fourth-order valence-electron chi connectivity index (χ4n) is 1.55. The summed E-state index contributed by atoms with van der Waals surface area (Å²) in [5.74, 6) is -1.49. The lowest BCUT2D eigenvalue weighted by Gasteiger charge is -2.11. The quantitative estimate of drug-likeness (QED) is 0.858. The predicted octanol–water partition coefficient (Wildman–Crippen LogP) is 2.96. The molecule has 2 rings (SSSR count). The van der Waals surface area contributed by atoms with Gasteiger partial charge in [-0.05, 0) is 28.1 Å². The first-order chi connectivity index (χ1) is 9.83. The zero-order chi connectivity index (χ0) is 15.6. The van der Waals surface area contributed by atoms with Gasteiger partial charge in [-0.3, -0.25) is 4.72 Å². The van der Waals surface area contributed by atoms with Crippen LogP contribution in [-0.2, 0) is 10.0 Å². The summed E-state index contributed by atoms with van der Waals surface area (Å²) in [4.78, 5) is 3.79. The average molecular weight is 378 g/mol. The Hall–Kier alpha value is -1.74. The maximum atomic E-state index is 13.7. The van der Waals surface area contributed by atoms with Crippen LogP contribution in [-0.4, -0.2) is 20.4 Å². The van der Waals surface area contributed by atoms with Gasteiger partial charge in [-0.1, -0.05) is 0 Å². The van der Waals surface area contributed by atoms with Gasteiger partial charge in [0, 0.05) is 29.8 Å². The van der Waals surface area contributed by atoms with E-state index in [4.69, 9.17) is 0 Å². The summed E-state index contributed by atoms with van der Waals surface area (Å²) in [6.45, 7) is 0. The van der Waals surface area contributed by atoms with Crippen LogP contribution in [0.1, 0.15) is 0 Å². The molecule has 21 heavy (non-hydrogen) atoms. The lowest BCUT2D eigenvalue weighted by Crippen LogP contribution is -2.15. The highest BCUT2D eigenvalue weighted by Gasteiger charge is 2.19. The van der Waals surface area contributed by atoms with Crippen LogP contribution in [0.25, 0.3) is 0 Å². The van der Waals surface area contributed by atoms with E-state index in [-0.39, 0.29) is 15.1 Å². The molecule has 2 aromatic rings. The number of benzene rings is 1. The summed E-state index contributed by atoms with van der Waals surface area (Å²) >= 11 is 2.92. The predicted molar refractivity (Wildman–Crippen MR) is 78.7 cm³/mol. The molecule has 2 N–H and O–H groups in total. The molecule has 0 unspecified atom stereocenters. The zero-order valence-electron chi connectivity index (χ0n) is 10.7. The van der Waals surface area contributed by atoms with Crippen LogP contribution in [0.4, 0.5) is 20.3 Å². The molecule has 0 aliphatic heterocycles. The Labute approximate surface area is 128 Å². The van der Waals surface area contributed by atoms with Crippen molar-refractivity contribution in [3.63, 3.8) is 0 Å². The Bertz CT molecular complexity index is 761. The van der Waals surface area contributed by atoms with E-state index in [1.807, 2.05) is 0 Å². The Balaban J connectivity index is 2.42. The summed E-state index contributed by atoms with van der Waals surface area (Å²) in [5.41, 5.74) is -0.362. The normalized spacial score (nSPS) is 11.2. The van der Waals surface area contributed by atoms with E-state index in [9.17, 15) is 17.2 Å². The molecule has 1 aromatic carbocycles. The van der Waals surface area contributed by atoms with Crippen LogP contribution in [0.3, 0.4) is 0 Å². The first-order valence-corrected chi connectivity index (χ1v) is 7.92. The number of rotatable bonds is 4. The largest absolute Gasteiger partial charge is 0.373 e. The van der Waals surface area contributed by atoms with Crippen molar-refractivity contribution in [1.29, 1.82) is 0 Å². The Morgan fingerprint density at radius 1 is 1.24 bits per heavy atom. The number of nitrogens with zero attached hydrogens (tertiary/aromatic N) is 1. The maximum absolute atomic E-state index is 13.7. The standard InChI is InChI=1S/C12H10BrF2N3O2S/c1-16-11-6-8(2-3-17-11)21(19,20)18-12-9(13)4-7(14)5-10(12)15/h2-6,18H,1H3,(H,16,17). The van der Waals surface area contributed by atoms with E-state index < -0.39 is 21.7 Å². The lowest BCUT2D eigenvalue weighted by molar-refractivity contribution is 0.581. The monoisotopic (exact) mass is 377 g/mol. The van der Waals surface area contributed by atoms with Crippen LogP contribution in [0, 0.1) is 11.6 Å². The second kappa shape index (κ2) is 5.94. The van der Waals surface area contributed by atoms with Crippen LogP contribution in [0.2, 0.25) is 0 Å². The molecule has 0 spiro atoms. The molecular weight excluding hydrogens is 368 g/mol. The van der Waals surface area contributed by atoms with Gasteiger partial charge in [-0.2, -0.15) is 0 Å². The molecule has 0 aliphatic rings. The molecule has 1 aromatic heterocycles. The van der Waals surface area contributed by atoms with Gasteiger partial charge in [-0.25, -0.2) is 22.2 Å². The van der Waals surface area contributed by atoms with Crippen molar-refractivity contribution < 1.29 is 17.2 Å². The molecule has 0 bridgehead atoms. The minimum Gasteiger partial charge on any atom is -0.373 e. The van der Waals surface area contributed by atoms with Crippen molar-refractivity contribution in [1.82, 2.24) is 4.98 Å². The van der Waals surface area contributed by atoms with E-state index in [2.05, 4.69) is 31.0 Å². The van der Waals surface area contributed by atoms with Crippen molar-refractivity contribution in [3.8, 4) is 0 Å². The fourth-order valence-corrected chi connectivity index (χ4v) is 3.29. The number of hydrogen-bond acceptors (Lipinski definition) is 4. The number of halogens is 3. The van der Waals surface area contributed by atoms with Crippen molar-refractivity contribution in [2.45, 2.75) is 4.90 Å². The molecule has 0 saturated carbocycles. The summed E-state index contributed by atoms with van der Waals surface area (Å²) < 4.78 is 53.1. The lowest BCUT2D eigenvalue weighted by atomic mass is 10.3. The van der Waals surface area contributed by atoms with Gasteiger partial charge in [0.05, 0.1) is 10.6 Å². The van der Waals surface area contributed by atoms with Crippen LogP contribution >= 0.6 is 15.9 Å².